The summed E-state index contributed by atoms with van der Waals surface area (Å²) in [7, 11) is 6.88. The molecule has 33 heavy (non-hydrogen) atoms. The lowest BCUT2D eigenvalue weighted by Gasteiger charge is -2.70. The highest BCUT2D eigenvalue weighted by atomic mass is 16.5. The highest BCUT2D eigenvalue weighted by Crippen LogP contribution is 2.80. The first-order valence-corrected chi connectivity index (χ1v) is 12.7. The number of likely N-dealkylation sites (tertiary alicyclic amines) is 1. The molecule has 0 aromatic carbocycles. The fourth-order valence-electron chi connectivity index (χ4n) is 11.0. The van der Waals surface area contributed by atoms with E-state index in [1.54, 1.807) is 28.4 Å². The van der Waals surface area contributed by atoms with Crippen LogP contribution in [0.25, 0.3) is 0 Å². The smallest absolute Gasteiger partial charge is 0.136 e. The van der Waals surface area contributed by atoms with E-state index in [4.69, 9.17) is 18.9 Å². The van der Waals surface area contributed by atoms with Crippen LogP contribution in [-0.4, -0.2) is 110 Å². The van der Waals surface area contributed by atoms with Crippen LogP contribution in [-0.2, 0) is 18.9 Å². The third-order valence-corrected chi connectivity index (χ3v) is 11.5. The summed E-state index contributed by atoms with van der Waals surface area (Å²) in [5.41, 5.74) is -3.99. The number of ether oxygens (including phenoxy) is 4. The van der Waals surface area contributed by atoms with Crippen LogP contribution in [0.4, 0.5) is 0 Å². The summed E-state index contributed by atoms with van der Waals surface area (Å²) in [6.07, 6.45) is 1.27. The lowest BCUT2D eigenvalue weighted by Crippen LogP contribution is -2.82. The predicted octanol–water partition coefficient (Wildman–Crippen LogP) is 0.271. The Bertz CT molecular complexity index is 814. The minimum absolute atomic E-state index is 0.0563. The number of rotatable bonds is 6. The largest absolute Gasteiger partial charge is 0.390 e. The molecule has 0 amide bonds. The quantitative estimate of drug-likeness (QED) is 0.512. The summed E-state index contributed by atoms with van der Waals surface area (Å²) in [5.74, 6) is -0.274. The predicted molar refractivity (Wildman–Crippen MR) is 119 cm³/mol. The fraction of sp³-hybridized carbons (Fsp3) is 1.00. The Morgan fingerprint density at radius 2 is 1.82 bits per heavy atom. The standard InChI is InChI=1S/C25H41NO7/c1-6-26-11-22(12-30-2)8-7-16(32-4)24-14-9-13-15(31-3)10-23(28,17(14)18(13)33-5)25(29,21(24)26)20(27)19(22)24/h13-21,27-29H,6-12H2,1-5H3/t13-,14-,15+,16+,17-,18+,19-,20+,21?,22+,23-,24+,25-/m1/s1. The number of nitrogens with zero attached hydrogens (tertiary/aromatic N) is 1. The molecule has 6 fully saturated rings. The lowest BCUT2D eigenvalue weighted by atomic mass is 9.42. The van der Waals surface area contributed by atoms with Crippen molar-refractivity contribution in [1.29, 1.82) is 0 Å². The number of piperidine rings is 1. The van der Waals surface area contributed by atoms with E-state index in [0.29, 0.717) is 13.0 Å². The second-order valence-electron chi connectivity index (χ2n) is 11.9. The second-order valence-corrected chi connectivity index (χ2v) is 11.9. The summed E-state index contributed by atoms with van der Waals surface area (Å²) >= 11 is 0. The van der Waals surface area contributed by atoms with Crippen LogP contribution < -0.4 is 0 Å². The molecule has 1 aliphatic heterocycles. The topological polar surface area (TPSA) is 101 Å². The van der Waals surface area contributed by atoms with E-state index >= 15 is 0 Å². The molecule has 8 heteroatoms. The van der Waals surface area contributed by atoms with E-state index in [2.05, 4.69) is 11.8 Å². The molecule has 3 N–H and O–H groups in total. The first-order chi connectivity index (χ1) is 15.8. The maximum absolute atomic E-state index is 12.8. The summed E-state index contributed by atoms with van der Waals surface area (Å²) in [5, 5.41) is 37.5. The lowest BCUT2D eigenvalue weighted by molar-refractivity contribution is -0.319. The Morgan fingerprint density at radius 3 is 2.42 bits per heavy atom. The zero-order chi connectivity index (χ0) is 23.6. The van der Waals surface area contributed by atoms with Crippen molar-refractivity contribution >= 4 is 0 Å². The average molecular weight is 468 g/mol. The first-order valence-electron chi connectivity index (χ1n) is 12.7. The normalized spacial score (nSPS) is 60.9. The van der Waals surface area contributed by atoms with Gasteiger partial charge in [0.15, 0.2) is 0 Å². The molecule has 1 heterocycles. The first kappa shape index (κ1) is 23.1. The Morgan fingerprint density at radius 1 is 1.06 bits per heavy atom. The number of aliphatic hydroxyl groups is 3. The van der Waals surface area contributed by atoms with Gasteiger partial charge in [0.25, 0.3) is 0 Å². The summed E-state index contributed by atoms with van der Waals surface area (Å²) in [6.45, 7) is 4.12. The van der Waals surface area contributed by atoms with Crippen molar-refractivity contribution in [3.63, 3.8) is 0 Å². The Kier molecular flexibility index (Phi) is 4.99. The van der Waals surface area contributed by atoms with Crippen LogP contribution in [0.5, 0.6) is 0 Å². The second kappa shape index (κ2) is 7.13. The molecule has 6 aliphatic rings. The Balaban J connectivity index is 1.66. The molecule has 1 unspecified atom stereocenters. The maximum Gasteiger partial charge on any atom is 0.136 e. The van der Waals surface area contributed by atoms with Crippen LogP contribution in [0.1, 0.15) is 32.6 Å². The Labute approximate surface area is 196 Å². The molecule has 0 radical (unpaired) electrons. The molecular weight excluding hydrogens is 426 g/mol. The maximum atomic E-state index is 12.8. The molecule has 7 bridgehead atoms. The molecule has 0 aromatic rings. The van der Waals surface area contributed by atoms with E-state index in [0.717, 1.165) is 32.4 Å². The summed E-state index contributed by atoms with van der Waals surface area (Å²) in [4.78, 5) is 2.33. The number of aliphatic hydroxyl groups excluding tert-OH is 1. The van der Waals surface area contributed by atoms with Crippen molar-refractivity contribution in [2.75, 3.05) is 48.1 Å². The van der Waals surface area contributed by atoms with Crippen molar-refractivity contribution in [3.8, 4) is 0 Å². The van der Waals surface area contributed by atoms with E-state index in [9.17, 15) is 15.3 Å². The van der Waals surface area contributed by atoms with E-state index in [-0.39, 0.29) is 53.4 Å². The number of fused-ring (bicyclic) bond motifs is 2. The van der Waals surface area contributed by atoms with Crippen molar-refractivity contribution in [2.24, 2.45) is 34.5 Å². The number of hydrogen-bond donors (Lipinski definition) is 3. The highest BCUT2D eigenvalue weighted by molar-refractivity contribution is 5.41. The molecule has 1 spiro atoms. The van der Waals surface area contributed by atoms with Crippen molar-refractivity contribution < 1.29 is 34.3 Å². The van der Waals surface area contributed by atoms with Crippen LogP contribution >= 0.6 is 0 Å². The van der Waals surface area contributed by atoms with Gasteiger partial charge in [-0.05, 0) is 31.7 Å². The van der Waals surface area contributed by atoms with E-state index < -0.39 is 22.7 Å². The van der Waals surface area contributed by atoms with Gasteiger partial charge in [-0.25, -0.2) is 0 Å². The van der Waals surface area contributed by atoms with Gasteiger partial charge in [0.05, 0.1) is 37.1 Å². The van der Waals surface area contributed by atoms with Crippen molar-refractivity contribution in [2.45, 2.75) is 74.3 Å². The fourth-order valence-corrected chi connectivity index (χ4v) is 11.0. The molecule has 13 atom stereocenters. The van der Waals surface area contributed by atoms with Gasteiger partial charge >= 0.3 is 0 Å². The van der Waals surface area contributed by atoms with E-state index in [1.165, 1.54) is 0 Å². The molecule has 6 rings (SSSR count). The zero-order valence-electron chi connectivity index (χ0n) is 20.6. The minimum Gasteiger partial charge on any atom is -0.390 e. The van der Waals surface area contributed by atoms with Crippen LogP contribution in [0.15, 0.2) is 0 Å². The minimum atomic E-state index is -1.70. The van der Waals surface area contributed by atoms with Gasteiger partial charge in [-0.3, -0.25) is 4.90 Å². The van der Waals surface area contributed by atoms with Gasteiger partial charge in [-0.1, -0.05) is 6.92 Å². The zero-order valence-corrected chi connectivity index (χ0v) is 20.6. The number of methoxy groups -OCH3 is 4. The molecule has 5 aliphatic carbocycles. The van der Waals surface area contributed by atoms with Crippen LogP contribution in [0.2, 0.25) is 0 Å². The summed E-state index contributed by atoms with van der Waals surface area (Å²) < 4.78 is 24.0. The van der Waals surface area contributed by atoms with Gasteiger partial charge in [0.2, 0.25) is 0 Å². The van der Waals surface area contributed by atoms with E-state index in [1.807, 2.05) is 0 Å². The SMILES string of the molecule is CCN1C[C@]2(COC)CC[C@H](OC)[C@]34C1[C@](O)([C@@H](O)[C@H]23)[C@@]1(O)C[C@H](OC)[C@H]2C[C@@H]4[C@@H]1[C@H]2OC. The van der Waals surface area contributed by atoms with Crippen LogP contribution in [0.3, 0.4) is 0 Å². The van der Waals surface area contributed by atoms with Gasteiger partial charge < -0.3 is 34.3 Å². The third-order valence-electron chi connectivity index (χ3n) is 11.5. The van der Waals surface area contributed by atoms with Crippen molar-refractivity contribution in [1.82, 2.24) is 4.90 Å². The van der Waals surface area contributed by atoms with Gasteiger partial charge in [0, 0.05) is 70.0 Å². The third kappa shape index (κ3) is 2.20. The van der Waals surface area contributed by atoms with Gasteiger partial charge in [-0.2, -0.15) is 0 Å². The number of likely N-dealkylation sites (N-methyl/N-ethyl adjacent to an activating group) is 1. The van der Waals surface area contributed by atoms with Crippen LogP contribution in [0, 0.1) is 34.5 Å². The molecular formula is C25H41NO7. The summed E-state index contributed by atoms with van der Waals surface area (Å²) in [6, 6.07) is -0.386. The average Bonchev–Trinajstić information content (AvgIpc) is 3.21. The van der Waals surface area contributed by atoms with Gasteiger partial charge in [-0.15, -0.1) is 0 Å². The molecule has 0 aromatic heterocycles. The molecule has 1 saturated heterocycles. The molecule has 188 valence electrons. The number of hydrogen-bond acceptors (Lipinski definition) is 8. The highest BCUT2D eigenvalue weighted by Gasteiger charge is 2.91. The molecule has 5 saturated carbocycles. The Hall–Kier alpha value is -0.320. The van der Waals surface area contributed by atoms with Gasteiger partial charge in [0.1, 0.15) is 11.2 Å². The molecule has 8 nitrogen and oxygen atoms in total. The van der Waals surface area contributed by atoms with Crippen molar-refractivity contribution in [3.05, 3.63) is 0 Å². The monoisotopic (exact) mass is 467 g/mol.